The predicted octanol–water partition coefficient (Wildman–Crippen LogP) is 2.21. The van der Waals surface area contributed by atoms with Crippen LogP contribution in [0.4, 0.5) is 0 Å². The summed E-state index contributed by atoms with van der Waals surface area (Å²) in [4.78, 5) is 2.43. The number of hydrogen-bond donors (Lipinski definition) is 1. The van der Waals surface area contributed by atoms with E-state index in [0.29, 0.717) is 12.0 Å². The van der Waals surface area contributed by atoms with Crippen LogP contribution in [0.1, 0.15) is 30.5 Å². The van der Waals surface area contributed by atoms with Gasteiger partial charge in [-0.05, 0) is 49.2 Å². The summed E-state index contributed by atoms with van der Waals surface area (Å²) in [6.07, 6.45) is 2.23. The Bertz CT molecular complexity index is 401. The van der Waals surface area contributed by atoms with Gasteiger partial charge in [0.2, 0.25) is 0 Å². The number of benzene rings is 1. The molecule has 3 heteroatoms. The molecular formula is C15H24N2O. The van der Waals surface area contributed by atoms with Crippen molar-refractivity contribution >= 4 is 0 Å². The van der Waals surface area contributed by atoms with E-state index in [-0.39, 0.29) is 0 Å². The van der Waals surface area contributed by atoms with Crippen molar-refractivity contribution in [3.05, 3.63) is 29.3 Å². The highest BCUT2D eigenvalue weighted by Gasteiger charge is 2.30. The van der Waals surface area contributed by atoms with E-state index in [2.05, 4.69) is 37.1 Å². The standard InChI is InChI=1S/C15H24N2O/c1-4-11(10-16)15-14-9-13(18-3)6-5-12(14)7-8-17(15)2/h5-6,9,11,15H,4,7-8,10,16H2,1-3H3. The van der Waals surface area contributed by atoms with E-state index >= 15 is 0 Å². The zero-order chi connectivity index (χ0) is 13.1. The minimum atomic E-state index is 0.429. The van der Waals surface area contributed by atoms with Crippen LogP contribution in [0, 0.1) is 5.92 Å². The summed E-state index contributed by atoms with van der Waals surface area (Å²) in [6.45, 7) is 4.07. The molecule has 2 unspecified atom stereocenters. The fraction of sp³-hybridized carbons (Fsp3) is 0.600. The molecule has 18 heavy (non-hydrogen) atoms. The predicted molar refractivity (Wildman–Crippen MR) is 74.9 cm³/mol. The molecule has 1 heterocycles. The highest BCUT2D eigenvalue weighted by atomic mass is 16.5. The molecule has 2 N–H and O–H groups in total. The Labute approximate surface area is 110 Å². The van der Waals surface area contributed by atoms with Gasteiger partial charge in [-0.25, -0.2) is 0 Å². The van der Waals surface area contributed by atoms with Gasteiger partial charge >= 0.3 is 0 Å². The first-order chi connectivity index (χ1) is 8.71. The minimum Gasteiger partial charge on any atom is -0.497 e. The number of nitrogens with zero attached hydrogens (tertiary/aromatic N) is 1. The molecule has 0 aromatic heterocycles. The summed E-state index contributed by atoms with van der Waals surface area (Å²) in [5, 5.41) is 0. The van der Waals surface area contributed by atoms with Gasteiger partial charge in [-0.1, -0.05) is 19.4 Å². The van der Waals surface area contributed by atoms with Crippen LogP contribution in [0.5, 0.6) is 5.75 Å². The maximum absolute atomic E-state index is 5.95. The van der Waals surface area contributed by atoms with E-state index in [0.717, 1.165) is 31.7 Å². The van der Waals surface area contributed by atoms with E-state index in [9.17, 15) is 0 Å². The van der Waals surface area contributed by atoms with Crippen LogP contribution in [-0.4, -0.2) is 32.1 Å². The van der Waals surface area contributed by atoms with Crippen LogP contribution in [0.3, 0.4) is 0 Å². The zero-order valence-corrected chi connectivity index (χ0v) is 11.6. The van der Waals surface area contributed by atoms with Crippen molar-refractivity contribution in [2.75, 3.05) is 27.2 Å². The summed E-state index contributed by atoms with van der Waals surface area (Å²) in [5.74, 6) is 1.46. The molecule has 0 bridgehead atoms. The maximum atomic E-state index is 5.95. The molecule has 0 saturated heterocycles. The number of methoxy groups -OCH3 is 1. The Morgan fingerprint density at radius 1 is 1.50 bits per heavy atom. The smallest absolute Gasteiger partial charge is 0.119 e. The second-order valence-electron chi connectivity index (χ2n) is 5.14. The average Bonchev–Trinajstić information content (AvgIpc) is 2.41. The van der Waals surface area contributed by atoms with E-state index in [1.807, 2.05) is 0 Å². The van der Waals surface area contributed by atoms with E-state index in [1.165, 1.54) is 11.1 Å². The Balaban J connectivity index is 2.41. The lowest BCUT2D eigenvalue weighted by molar-refractivity contribution is 0.163. The van der Waals surface area contributed by atoms with Crippen LogP contribution < -0.4 is 10.5 Å². The van der Waals surface area contributed by atoms with Gasteiger partial charge < -0.3 is 10.5 Å². The number of rotatable bonds is 4. The van der Waals surface area contributed by atoms with Gasteiger partial charge in [0.15, 0.2) is 0 Å². The molecule has 0 amide bonds. The third kappa shape index (κ3) is 2.38. The first kappa shape index (κ1) is 13.4. The second-order valence-corrected chi connectivity index (χ2v) is 5.14. The van der Waals surface area contributed by atoms with Gasteiger partial charge in [0.05, 0.1) is 7.11 Å². The lowest BCUT2D eigenvalue weighted by Gasteiger charge is -2.39. The topological polar surface area (TPSA) is 38.5 Å². The van der Waals surface area contributed by atoms with Gasteiger partial charge in [-0.15, -0.1) is 0 Å². The SMILES string of the molecule is CCC(CN)C1c2cc(OC)ccc2CCN1C. The molecule has 1 aliphatic heterocycles. The van der Waals surface area contributed by atoms with Gasteiger partial charge in [0.1, 0.15) is 5.75 Å². The fourth-order valence-corrected chi connectivity index (χ4v) is 3.01. The number of likely N-dealkylation sites (N-methyl/N-ethyl adjacent to an activating group) is 1. The van der Waals surface area contributed by atoms with Crippen LogP contribution >= 0.6 is 0 Å². The van der Waals surface area contributed by atoms with Crippen LogP contribution in [0.15, 0.2) is 18.2 Å². The van der Waals surface area contributed by atoms with Crippen molar-refractivity contribution in [3.8, 4) is 5.75 Å². The van der Waals surface area contributed by atoms with Gasteiger partial charge in [-0.2, -0.15) is 0 Å². The van der Waals surface area contributed by atoms with Gasteiger partial charge in [-0.3, -0.25) is 4.90 Å². The zero-order valence-electron chi connectivity index (χ0n) is 11.6. The van der Waals surface area contributed by atoms with E-state index in [4.69, 9.17) is 10.5 Å². The largest absolute Gasteiger partial charge is 0.497 e. The normalized spacial score (nSPS) is 21.4. The number of fused-ring (bicyclic) bond motifs is 1. The molecule has 0 spiro atoms. The molecule has 0 radical (unpaired) electrons. The molecule has 3 nitrogen and oxygen atoms in total. The third-order valence-corrected chi connectivity index (χ3v) is 4.15. The molecule has 0 fully saturated rings. The quantitative estimate of drug-likeness (QED) is 0.888. The van der Waals surface area contributed by atoms with E-state index in [1.54, 1.807) is 7.11 Å². The van der Waals surface area contributed by atoms with Crippen molar-refractivity contribution in [2.24, 2.45) is 11.7 Å². The Hall–Kier alpha value is -1.06. The second kappa shape index (κ2) is 5.72. The lowest BCUT2D eigenvalue weighted by Crippen LogP contribution is -2.39. The summed E-state index contributed by atoms with van der Waals surface area (Å²) in [7, 11) is 3.93. The highest BCUT2D eigenvalue weighted by molar-refractivity contribution is 5.39. The number of hydrogen-bond acceptors (Lipinski definition) is 3. The lowest BCUT2D eigenvalue weighted by atomic mass is 9.83. The molecule has 1 aliphatic rings. The average molecular weight is 248 g/mol. The van der Waals surface area contributed by atoms with Crippen molar-refractivity contribution in [1.82, 2.24) is 4.90 Å². The van der Waals surface area contributed by atoms with Crippen LogP contribution in [0.25, 0.3) is 0 Å². The van der Waals surface area contributed by atoms with Gasteiger partial charge in [0.25, 0.3) is 0 Å². The highest BCUT2D eigenvalue weighted by Crippen LogP contribution is 2.37. The van der Waals surface area contributed by atoms with Crippen LogP contribution in [-0.2, 0) is 6.42 Å². The summed E-state index contributed by atoms with van der Waals surface area (Å²) in [5.41, 5.74) is 8.80. The molecule has 2 rings (SSSR count). The first-order valence-corrected chi connectivity index (χ1v) is 6.78. The Morgan fingerprint density at radius 2 is 2.28 bits per heavy atom. The molecule has 2 atom stereocenters. The first-order valence-electron chi connectivity index (χ1n) is 6.78. The Kier molecular flexibility index (Phi) is 4.25. The fourth-order valence-electron chi connectivity index (χ4n) is 3.01. The van der Waals surface area contributed by atoms with Crippen molar-refractivity contribution in [3.63, 3.8) is 0 Å². The summed E-state index contributed by atoms with van der Waals surface area (Å²) < 4.78 is 5.36. The summed E-state index contributed by atoms with van der Waals surface area (Å²) >= 11 is 0. The van der Waals surface area contributed by atoms with Crippen molar-refractivity contribution < 1.29 is 4.74 Å². The third-order valence-electron chi connectivity index (χ3n) is 4.15. The number of ether oxygens (including phenoxy) is 1. The molecule has 0 aliphatic carbocycles. The summed E-state index contributed by atoms with van der Waals surface area (Å²) in [6, 6.07) is 6.88. The minimum absolute atomic E-state index is 0.429. The molecular weight excluding hydrogens is 224 g/mol. The van der Waals surface area contributed by atoms with Crippen molar-refractivity contribution in [2.45, 2.75) is 25.8 Å². The molecule has 100 valence electrons. The monoisotopic (exact) mass is 248 g/mol. The Morgan fingerprint density at radius 3 is 2.89 bits per heavy atom. The number of nitrogens with two attached hydrogens (primary N) is 1. The van der Waals surface area contributed by atoms with Gasteiger partial charge in [0, 0.05) is 12.6 Å². The van der Waals surface area contributed by atoms with E-state index < -0.39 is 0 Å². The molecule has 0 saturated carbocycles. The van der Waals surface area contributed by atoms with Crippen molar-refractivity contribution in [1.29, 1.82) is 0 Å². The van der Waals surface area contributed by atoms with Crippen LogP contribution in [0.2, 0.25) is 0 Å². The molecule has 1 aromatic rings. The maximum Gasteiger partial charge on any atom is 0.119 e. The molecule has 1 aromatic carbocycles.